The van der Waals surface area contributed by atoms with Crippen LogP contribution in [0.1, 0.15) is 27.2 Å². The van der Waals surface area contributed by atoms with Crippen molar-refractivity contribution in [3.63, 3.8) is 0 Å². The van der Waals surface area contributed by atoms with Crippen molar-refractivity contribution in [3.8, 4) is 0 Å². The minimum absolute atomic E-state index is 0.134. The lowest BCUT2D eigenvalue weighted by atomic mass is 9.93. The second-order valence-corrected chi connectivity index (χ2v) is 6.46. The van der Waals surface area contributed by atoms with Gasteiger partial charge in [0.05, 0.1) is 12.2 Å². The Kier molecular flexibility index (Phi) is 2.74. The number of aliphatic imine (C=N–C) groups is 1. The Morgan fingerprint density at radius 3 is 2.89 bits per heavy atom. The van der Waals surface area contributed by atoms with Gasteiger partial charge in [-0.2, -0.15) is 0 Å². The van der Waals surface area contributed by atoms with Crippen LogP contribution in [-0.2, 0) is 0 Å². The number of fused-ring (bicyclic) bond motifs is 2. The lowest BCUT2D eigenvalue weighted by molar-refractivity contribution is 0.623. The zero-order chi connectivity index (χ0) is 12.8. The van der Waals surface area contributed by atoms with Crippen molar-refractivity contribution in [2.45, 2.75) is 27.2 Å². The second kappa shape index (κ2) is 4.16. The van der Waals surface area contributed by atoms with Crippen molar-refractivity contribution in [3.05, 3.63) is 46.7 Å². The second-order valence-electron chi connectivity index (χ2n) is 5.45. The van der Waals surface area contributed by atoms with E-state index in [-0.39, 0.29) is 5.41 Å². The Morgan fingerprint density at radius 1 is 1.33 bits per heavy atom. The molecule has 0 bridgehead atoms. The predicted molar refractivity (Wildman–Crippen MR) is 79.2 cm³/mol. The van der Waals surface area contributed by atoms with Gasteiger partial charge in [0.1, 0.15) is 0 Å². The molecule has 0 aromatic carbocycles. The number of amidine groups is 1. The minimum Gasteiger partial charge on any atom is -0.295 e. The van der Waals surface area contributed by atoms with Crippen LogP contribution in [0.2, 0.25) is 0 Å². The van der Waals surface area contributed by atoms with Gasteiger partial charge in [-0.05, 0) is 35.9 Å². The highest BCUT2D eigenvalue weighted by molar-refractivity contribution is 8.17. The van der Waals surface area contributed by atoms with Crippen LogP contribution >= 0.6 is 11.8 Å². The Balaban J connectivity index is 1.99. The number of rotatable bonds is 1. The summed E-state index contributed by atoms with van der Waals surface area (Å²) in [5.41, 5.74) is 2.80. The molecule has 0 aromatic heterocycles. The summed E-state index contributed by atoms with van der Waals surface area (Å²) in [6.07, 6.45) is 12.3. The Labute approximate surface area is 113 Å². The number of hydrogen-bond donors (Lipinski definition) is 0. The maximum Gasteiger partial charge on any atom is 0.173 e. The molecule has 0 amide bonds. The average Bonchev–Trinajstić information content (AvgIpc) is 2.63. The fourth-order valence-corrected chi connectivity index (χ4v) is 3.15. The van der Waals surface area contributed by atoms with Crippen LogP contribution in [0.4, 0.5) is 0 Å². The van der Waals surface area contributed by atoms with Gasteiger partial charge in [0.25, 0.3) is 0 Å². The van der Waals surface area contributed by atoms with E-state index in [9.17, 15) is 0 Å². The molecule has 0 unspecified atom stereocenters. The third-order valence-electron chi connectivity index (χ3n) is 3.44. The largest absolute Gasteiger partial charge is 0.295 e. The highest BCUT2D eigenvalue weighted by atomic mass is 32.2. The van der Waals surface area contributed by atoms with E-state index in [0.29, 0.717) is 0 Å². The molecule has 0 spiro atoms. The maximum absolute atomic E-state index is 4.66. The summed E-state index contributed by atoms with van der Waals surface area (Å²) in [6.45, 7) is 7.50. The van der Waals surface area contributed by atoms with Crippen LogP contribution < -0.4 is 0 Å². The molecule has 2 heterocycles. The van der Waals surface area contributed by atoms with E-state index < -0.39 is 0 Å². The molecular formula is C15H18N2S. The lowest BCUT2D eigenvalue weighted by Gasteiger charge is -2.22. The monoisotopic (exact) mass is 258 g/mol. The number of nitrogens with zero attached hydrogens (tertiary/aromatic N) is 2. The van der Waals surface area contributed by atoms with Gasteiger partial charge in [0.15, 0.2) is 5.17 Å². The topological polar surface area (TPSA) is 15.6 Å². The molecule has 1 aliphatic carbocycles. The molecule has 0 N–H and O–H groups in total. The summed E-state index contributed by atoms with van der Waals surface area (Å²) in [4.78, 5) is 8.21. The summed E-state index contributed by atoms with van der Waals surface area (Å²) < 4.78 is 0. The molecular weight excluding hydrogens is 240 g/mol. The van der Waals surface area contributed by atoms with E-state index in [1.807, 2.05) is 0 Å². The Hall–Kier alpha value is -1.22. The fraction of sp³-hybridized carbons (Fsp3) is 0.400. The molecule has 2 nitrogen and oxygen atoms in total. The molecule has 3 aliphatic rings. The lowest BCUT2D eigenvalue weighted by Crippen LogP contribution is -2.22. The van der Waals surface area contributed by atoms with Gasteiger partial charge in [-0.1, -0.05) is 32.9 Å². The van der Waals surface area contributed by atoms with Gasteiger partial charge < -0.3 is 0 Å². The first-order chi connectivity index (χ1) is 8.59. The van der Waals surface area contributed by atoms with Gasteiger partial charge in [-0.15, -0.1) is 0 Å². The van der Waals surface area contributed by atoms with Crippen molar-refractivity contribution in [2.75, 3.05) is 6.54 Å². The average molecular weight is 258 g/mol. The van der Waals surface area contributed by atoms with Crippen LogP contribution in [0.5, 0.6) is 0 Å². The molecule has 0 saturated heterocycles. The highest BCUT2D eigenvalue weighted by Gasteiger charge is 2.29. The van der Waals surface area contributed by atoms with Crippen LogP contribution in [-0.4, -0.2) is 16.6 Å². The molecule has 2 aliphatic heterocycles. The Bertz CT molecular complexity index is 533. The van der Waals surface area contributed by atoms with Crippen molar-refractivity contribution in [1.82, 2.24) is 4.90 Å². The van der Waals surface area contributed by atoms with Gasteiger partial charge in [-0.3, -0.25) is 9.89 Å². The van der Waals surface area contributed by atoms with Gasteiger partial charge in [-0.25, -0.2) is 0 Å². The summed E-state index contributed by atoms with van der Waals surface area (Å²) in [7, 11) is 0. The van der Waals surface area contributed by atoms with Gasteiger partial charge >= 0.3 is 0 Å². The van der Waals surface area contributed by atoms with E-state index in [4.69, 9.17) is 0 Å². The number of hydrogen-bond acceptors (Lipinski definition) is 3. The number of allylic oxidation sites excluding steroid dienone is 4. The summed E-state index contributed by atoms with van der Waals surface area (Å²) in [5, 5.41) is 1.12. The summed E-state index contributed by atoms with van der Waals surface area (Å²) >= 11 is 1.78. The predicted octanol–water partition coefficient (Wildman–Crippen LogP) is 4.06. The molecule has 94 valence electrons. The van der Waals surface area contributed by atoms with E-state index >= 15 is 0 Å². The Morgan fingerprint density at radius 2 is 2.11 bits per heavy atom. The highest BCUT2D eigenvalue weighted by Crippen LogP contribution is 2.41. The molecule has 0 fully saturated rings. The van der Waals surface area contributed by atoms with Crippen molar-refractivity contribution < 1.29 is 0 Å². The first-order valence-corrected chi connectivity index (χ1v) is 7.24. The summed E-state index contributed by atoms with van der Waals surface area (Å²) in [5.74, 6) is 0. The third kappa shape index (κ3) is 1.97. The molecule has 0 radical (unpaired) electrons. The van der Waals surface area contributed by atoms with E-state index in [2.05, 4.69) is 61.2 Å². The third-order valence-corrected chi connectivity index (χ3v) is 4.51. The molecule has 0 aromatic rings. The normalized spacial score (nSPS) is 24.5. The first kappa shape index (κ1) is 11.8. The van der Waals surface area contributed by atoms with Crippen molar-refractivity contribution >= 4 is 16.9 Å². The van der Waals surface area contributed by atoms with Crippen LogP contribution in [0.25, 0.3) is 0 Å². The summed E-state index contributed by atoms with van der Waals surface area (Å²) in [6, 6.07) is 0. The molecule has 18 heavy (non-hydrogen) atoms. The smallest absolute Gasteiger partial charge is 0.173 e. The van der Waals surface area contributed by atoms with Crippen LogP contribution in [0.15, 0.2) is 51.7 Å². The number of thioether (sulfide) groups is 1. The minimum atomic E-state index is 0.134. The van der Waals surface area contributed by atoms with Gasteiger partial charge in [0.2, 0.25) is 0 Å². The molecule has 0 saturated carbocycles. The van der Waals surface area contributed by atoms with E-state index in [0.717, 1.165) is 18.1 Å². The SMILES string of the molecule is CCC1=CN2C(=NC1)SC1=C2C=CC(C)(C)C=C1. The molecule has 0 atom stereocenters. The molecule has 3 rings (SSSR count). The zero-order valence-electron chi connectivity index (χ0n) is 11.1. The molecule has 3 heteroatoms. The zero-order valence-corrected chi connectivity index (χ0v) is 11.9. The van der Waals surface area contributed by atoms with Gasteiger partial charge in [0, 0.05) is 16.5 Å². The fourth-order valence-electron chi connectivity index (χ4n) is 2.17. The van der Waals surface area contributed by atoms with E-state index in [1.165, 1.54) is 16.2 Å². The van der Waals surface area contributed by atoms with Crippen LogP contribution in [0.3, 0.4) is 0 Å². The first-order valence-electron chi connectivity index (χ1n) is 6.43. The van der Waals surface area contributed by atoms with Crippen molar-refractivity contribution in [1.29, 1.82) is 0 Å². The standard InChI is InChI=1S/C15H18N2S/c1-4-11-9-16-14-17(10-11)12-5-7-15(2,3)8-6-13(12)18-14/h5-8,10H,4,9H2,1-3H3. The van der Waals surface area contributed by atoms with Crippen molar-refractivity contribution in [2.24, 2.45) is 10.4 Å². The maximum atomic E-state index is 4.66. The van der Waals surface area contributed by atoms with E-state index in [1.54, 1.807) is 11.8 Å². The quantitative estimate of drug-likeness (QED) is 0.704. The van der Waals surface area contributed by atoms with Crippen LogP contribution in [0, 0.1) is 5.41 Å².